The molecule has 8 rings (SSSR count). The number of aromatic nitrogens is 3. The van der Waals surface area contributed by atoms with E-state index in [-0.39, 0.29) is 20.1 Å². The van der Waals surface area contributed by atoms with Crippen LogP contribution in [-0.2, 0) is 26.5 Å². The van der Waals surface area contributed by atoms with Crippen molar-refractivity contribution in [2.24, 2.45) is 5.92 Å². The van der Waals surface area contributed by atoms with Gasteiger partial charge in [-0.15, -0.1) is 0 Å². The van der Waals surface area contributed by atoms with Crippen LogP contribution in [0.4, 0.5) is 0 Å². The van der Waals surface area contributed by atoms with Gasteiger partial charge in [0.05, 0.1) is 16.9 Å². The van der Waals surface area contributed by atoms with E-state index in [0.717, 1.165) is 51.1 Å². The summed E-state index contributed by atoms with van der Waals surface area (Å²) in [7, 11) is 0. The van der Waals surface area contributed by atoms with Crippen molar-refractivity contribution in [1.29, 1.82) is 0 Å². The second kappa shape index (κ2) is 19.5. The number of benzene rings is 5. The molecule has 0 unspecified atom stereocenters. The van der Waals surface area contributed by atoms with E-state index in [2.05, 4.69) is 193 Å². The van der Waals surface area contributed by atoms with E-state index < -0.39 is 13.3 Å². The van der Waals surface area contributed by atoms with Crippen LogP contribution in [0.2, 0.25) is 17.3 Å². The molecule has 1 radical (unpaired) electrons. The average molecular weight is 1040 g/mol. The molecule has 3 heterocycles. The molecule has 0 spiro atoms. The Hall–Kier alpha value is -4.81. The fourth-order valence-electron chi connectivity index (χ4n) is 8.07. The first-order valence-corrected chi connectivity index (χ1v) is 28.8. The maximum absolute atomic E-state index is 5.99. The minimum Gasteiger partial charge on any atom is 0 e. The summed E-state index contributed by atoms with van der Waals surface area (Å²) in [5, 5.41) is 1.02. The Balaban J connectivity index is 0.000000250. The summed E-state index contributed by atoms with van der Waals surface area (Å²) in [5.41, 5.74) is 16.0. The summed E-state index contributed by atoms with van der Waals surface area (Å²) in [4.78, 5) is 9.91. The average Bonchev–Trinajstić information content (AvgIpc) is 3.84. The summed E-state index contributed by atoms with van der Waals surface area (Å²) in [6, 6.07) is 43.8. The Bertz CT molecular complexity index is 2740. The van der Waals surface area contributed by atoms with Crippen LogP contribution in [-0.4, -0.2) is 27.8 Å². The van der Waals surface area contributed by atoms with Crippen LogP contribution < -0.4 is 4.40 Å². The Morgan fingerprint density at radius 3 is 2.08 bits per heavy atom. The third kappa shape index (κ3) is 9.96. The number of furan rings is 1. The maximum Gasteiger partial charge on any atom is 0 e. The zero-order valence-corrected chi connectivity index (χ0v) is 42.1. The summed E-state index contributed by atoms with van der Waals surface area (Å²) in [5.74, 6) is 9.46. The van der Waals surface area contributed by atoms with E-state index in [1.165, 1.54) is 44.6 Å². The number of rotatable bonds is 10. The molecule has 0 bridgehead atoms. The topological polar surface area (TPSA) is 43.9 Å². The van der Waals surface area contributed by atoms with E-state index >= 15 is 0 Å². The molecule has 0 saturated heterocycles. The van der Waals surface area contributed by atoms with Crippen molar-refractivity contribution >= 4 is 45.2 Å². The molecule has 315 valence electrons. The van der Waals surface area contributed by atoms with E-state index in [1.54, 1.807) is 4.40 Å². The summed E-state index contributed by atoms with van der Waals surface area (Å²) >= 11 is -1.86. The van der Waals surface area contributed by atoms with Gasteiger partial charge in [-0.3, -0.25) is 4.98 Å². The number of allylic oxidation sites excluding steroid dienone is 2. The maximum atomic E-state index is 5.99. The molecular formula is C55H59GeIrN3O-2. The van der Waals surface area contributed by atoms with Crippen LogP contribution in [0.5, 0.6) is 0 Å². The largest absolute Gasteiger partial charge is 0 e. The van der Waals surface area contributed by atoms with Crippen LogP contribution in [0.25, 0.3) is 67.0 Å². The Morgan fingerprint density at radius 2 is 1.46 bits per heavy atom. The molecule has 0 saturated carbocycles. The second-order valence-electron chi connectivity index (χ2n) is 18.1. The van der Waals surface area contributed by atoms with E-state index in [9.17, 15) is 0 Å². The molecule has 0 aliphatic carbocycles. The fraction of sp³-hybridized carbons (Fsp3) is 0.273. The van der Waals surface area contributed by atoms with Gasteiger partial charge < -0.3 is 8.98 Å². The number of hydrogen-bond acceptors (Lipinski definition) is 3. The van der Waals surface area contributed by atoms with E-state index in [0.29, 0.717) is 17.8 Å². The molecule has 61 heavy (non-hydrogen) atoms. The standard InChI is InChI=1S/C37H35N2O.C18H24GeN.Ir/c1-7-25(6)27-17-18-35-31(19-27)32(22-40-35)37-38-33-15-11-12-16-34(33)39(37)36-29(23(2)3)20-28(21-30(36)24(4)5)26-13-9-8-10-14-26;1-14(2)11-16-12-18(15-9-7-6-8-10-15)20-13-17(16)19(3,4)5;/h7-21,23-24H,1-6H3;6-9,12-14H,11H2,1-5H3;/q2*-1;/b25-7-;;. The van der Waals surface area contributed by atoms with Gasteiger partial charge in [-0.05, 0) is 83.3 Å². The number of pyridine rings is 1. The monoisotopic (exact) mass is 1040 g/mol. The van der Waals surface area contributed by atoms with Crippen molar-refractivity contribution in [3.8, 4) is 39.5 Å². The van der Waals surface area contributed by atoms with Crippen LogP contribution >= 0.6 is 0 Å². The molecule has 4 nitrogen and oxygen atoms in total. The SMILES string of the molecule is C/C=C(/C)c1ccc2o[c-]c(-c3nc4ccccc4n3-c3c(C(C)C)cc(-c4ccccc4)cc3C(C)C)c2c1.CC(C)Cc1cc(-c2[c-]cccc2)nc[c]1[Ge]([CH3])([CH3])[CH3].[Ir]. The number of hydrogen-bond donors (Lipinski definition) is 0. The molecular weight excluding hydrogens is 983 g/mol. The Kier molecular flexibility index (Phi) is 14.6. The van der Waals surface area contributed by atoms with Gasteiger partial charge in [0, 0.05) is 37.6 Å². The summed E-state index contributed by atoms with van der Waals surface area (Å²) in [6.07, 6.45) is 8.65. The summed E-state index contributed by atoms with van der Waals surface area (Å²) in [6.45, 7) is 17.9. The van der Waals surface area contributed by atoms with Crippen LogP contribution in [0.3, 0.4) is 0 Å². The first kappa shape index (κ1) is 45.7. The van der Waals surface area contributed by atoms with E-state index in [1.807, 2.05) is 24.3 Å². The number of fused-ring (bicyclic) bond motifs is 2. The first-order valence-electron chi connectivity index (χ1n) is 21.5. The predicted molar refractivity (Wildman–Crippen MR) is 258 cm³/mol. The van der Waals surface area contributed by atoms with Crippen LogP contribution in [0, 0.1) is 18.2 Å². The molecule has 0 fully saturated rings. The molecule has 6 heteroatoms. The van der Waals surface area contributed by atoms with Crippen molar-refractivity contribution in [3.63, 3.8) is 0 Å². The number of nitrogens with zero attached hydrogens (tertiary/aromatic N) is 3. The molecule has 0 amide bonds. The minimum absolute atomic E-state index is 0. The van der Waals surface area contributed by atoms with Crippen LogP contribution in [0.1, 0.15) is 89.5 Å². The van der Waals surface area contributed by atoms with Crippen LogP contribution in [0.15, 0.2) is 132 Å². The Labute approximate surface area is 380 Å². The fourth-order valence-corrected chi connectivity index (χ4v) is 11.4. The van der Waals surface area contributed by atoms with Gasteiger partial charge in [0.1, 0.15) is 0 Å². The van der Waals surface area contributed by atoms with Gasteiger partial charge >= 0.3 is 126 Å². The number of para-hydroxylation sites is 2. The van der Waals surface area contributed by atoms with Crippen molar-refractivity contribution in [2.75, 3.05) is 0 Å². The van der Waals surface area contributed by atoms with Crippen molar-refractivity contribution in [2.45, 2.75) is 90.9 Å². The van der Waals surface area contributed by atoms with Gasteiger partial charge in [0.2, 0.25) is 0 Å². The normalized spacial score (nSPS) is 12.0. The summed E-state index contributed by atoms with van der Waals surface area (Å²) < 4.78 is 9.89. The van der Waals surface area contributed by atoms with Gasteiger partial charge in [-0.2, -0.15) is 0 Å². The van der Waals surface area contributed by atoms with Gasteiger partial charge in [-0.1, -0.05) is 105 Å². The van der Waals surface area contributed by atoms with Crippen molar-refractivity contribution < 1.29 is 24.5 Å². The first-order chi connectivity index (χ1) is 28.7. The number of imidazole rings is 1. The third-order valence-corrected chi connectivity index (χ3v) is 15.7. The van der Waals surface area contributed by atoms with E-state index in [4.69, 9.17) is 14.4 Å². The second-order valence-corrected chi connectivity index (χ2v) is 28.6. The zero-order valence-electron chi connectivity index (χ0n) is 37.6. The zero-order chi connectivity index (χ0) is 42.7. The molecule has 0 aliphatic rings. The minimum atomic E-state index is -1.86. The Morgan fingerprint density at radius 1 is 0.787 bits per heavy atom. The molecule has 8 aromatic rings. The van der Waals surface area contributed by atoms with Crippen molar-refractivity contribution in [1.82, 2.24) is 14.5 Å². The molecule has 3 aromatic heterocycles. The smallest absolute Gasteiger partial charge is 0 e. The van der Waals surface area contributed by atoms with Crippen molar-refractivity contribution in [3.05, 3.63) is 162 Å². The quantitative estimate of drug-likeness (QED) is 0.101. The third-order valence-electron chi connectivity index (χ3n) is 11.3. The molecule has 0 aliphatic heterocycles. The molecule has 0 N–H and O–H groups in total. The molecule has 5 aromatic carbocycles. The predicted octanol–water partition coefficient (Wildman–Crippen LogP) is 14.9. The van der Waals surface area contributed by atoms with Gasteiger partial charge in [0.15, 0.2) is 0 Å². The van der Waals surface area contributed by atoms with Gasteiger partial charge in [0.25, 0.3) is 0 Å². The molecule has 0 atom stereocenters. The van der Waals surface area contributed by atoms with Gasteiger partial charge in [-0.25, -0.2) is 0 Å².